The SMILES string of the molecule is CCN1CC2(C)CCC(O)C34C5CC6C(OC)CC(O)(C5C6O)C(C(O)C23)C14. The van der Waals surface area contributed by atoms with E-state index < -0.39 is 29.3 Å². The Kier molecular flexibility index (Phi) is 3.52. The summed E-state index contributed by atoms with van der Waals surface area (Å²) in [6.07, 6.45) is 1.01. The van der Waals surface area contributed by atoms with Gasteiger partial charge in [-0.2, -0.15) is 0 Å². The topological polar surface area (TPSA) is 93.4 Å². The Balaban J connectivity index is 1.62. The molecule has 7 bridgehead atoms. The van der Waals surface area contributed by atoms with Gasteiger partial charge in [0.1, 0.15) is 0 Å². The molecule has 4 N–H and O–H groups in total. The number of nitrogens with zero attached hydrogens (tertiary/aromatic N) is 1. The van der Waals surface area contributed by atoms with Gasteiger partial charge in [0.2, 0.25) is 0 Å². The molecule has 13 unspecified atom stereocenters. The van der Waals surface area contributed by atoms with Crippen molar-refractivity contribution in [3.8, 4) is 0 Å². The van der Waals surface area contributed by atoms with Crippen molar-refractivity contribution in [2.24, 2.45) is 40.4 Å². The number of methoxy groups -OCH3 is 1. The van der Waals surface area contributed by atoms with Crippen molar-refractivity contribution in [1.29, 1.82) is 0 Å². The Hall–Kier alpha value is -0.240. The number of fused-ring (bicyclic) bond motifs is 2. The third-order valence-electron chi connectivity index (χ3n) is 10.7. The van der Waals surface area contributed by atoms with E-state index in [1.165, 1.54) is 0 Å². The summed E-state index contributed by atoms with van der Waals surface area (Å²) in [6.45, 7) is 6.23. The summed E-state index contributed by atoms with van der Waals surface area (Å²) >= 11 is 0. The molecule has 0 aromatic rings. The normalized spacial score (nSPS) is 67.0. The van der Waals surface area contributed by atoms with Gasteiger partial charge in [0.05, 0.1) is 30.0 Å². The van der Waals surface area contributed by atoms with E-state index in [0.717, 1.165) is 32.4 Å². The van der Waals surface area contributed by atoms with Crippen LogP contribution < -0.4 is 0 Å². The fourth-order valence-electron chi connectivity index (χ4n) is 10.2. The summed E-state index contributed by atoms with van der Waals surface area (Å²) in [6, 6.07) is -0.0197. The van der Waals surface area contributed by atoms with E-state index in [4.69, 9.17) is 4.74 Å². The number of likely N-dealkylation sites (tertiary alicyclic amines) is 1. The lowest BCUT2D eigenvalue weighted by atomic mass is 9.43. The zero-order valence-corrected chi connectivity index (χ0v) is 17.2. The molecule has 1 aliphatic heterocycles. The van der Waals surface area contributed by atoms with Crippen LogP contribution in [0.4, 0.5) is 0 Å². The van der Waals surface area contributed by atoms with Crippen LogP contribution in [0.15, 0.2) is 0 Å². The first kappa shape index (κ1) is 18.5. The molecule has 6 fully saturated rings. The summed E-state index contributed by atoms with van der Waals surface area (Å²) in [5.41, 5.74) is -1.62. The summed E-state index contributed by atoms with van der Waals surface area (Å²) in [5, 5.41) is 46.7. The number of hydrogen-bond donors (Lipinski definition) is 4. The van der Waals surface area contributed by atoms with Gasteiger partial charge in [-0.1, -0.05) is 13.8 Å². The smallest absolute Gasteiger partial charge is 0.0796 e. The maximum Gasteiger partial charge on any atom is 0.0796 e. The molecule has 0 aromatic carbocycles. The molecule has 0 radical (unpaired) electrons. The monoisotopic (exact) mass is 393 g/mol. The first-order valence-corrected chi connectivity index (χ1v) is 11.3. The Morgan fingerprint density at radius 3 is 2.57 bits per heavy atom. The van der Waals surface area contributed by atoms with Gasteiger partial charge < -0.3 is 25.2 Å². The predicted octanol–water partition coefficient (Wildman–Crippen LogP) is 0.221. The Bertz CT molecular complexity index is 704. The highest BCUT2D eigenvalue weighted by Gasteiger charge is 2.85. The molecule has 0 amide bonds. The van der Waals surface area contributed by atoms with Gasteiger partial charge in [-0.25, -0.2) is 0 Å². The maximum absolute atomic E-state index is 12.2. The van der Waals surface area contributed by atoms with Crippen molar-refractivity contribution in [2.75, 3.05) is 20.2 Å². The second kappa shape index (κ2) is 5.32. The third-order valence-corrected chi connectivity index (χ3v) is 10.7. The number of piperidine rings is 1. The van der Waals surface area contributed by atoms with Crippen LogP contribution in [0.25, 0.3) is 0 Å². The predicted molar refractivity (Wildman–Crippen MR) is 101 cm³/mol. The Morgan fingerprint density at radius 2 is 1.89 bits per heavy atom. The van der Waals surface area contributed by atoms with Crippen molar-refractivity contribution < 1.29 is 25.2 Å². The number of ether oxygens (including phenoxy) is 1. The zero-order valence-electron chi connectivity index (χ0n) is 17.2. The van der Waals surface area contributed by atoms with Crippen LogP contribution in [0, 0.1) is 40.4 Å². The van der Waals surface area contributed by atoms with Crippen LogP contribution in [0.3, 0.4) is 0 Å². The molecule has 28 heavy (non-hydrogen) atoms. The number of rotatable bonds is 2. The molecule has 6 nitrogen and oxygen atoms in total. The summed E-state index contributed by atoms with van der Waals surface area (Å²) < 4.78 is 5.74. The van der Waals surface area contributed by atoms with Crippen molar-refractivity contribution in [1.82, 2.24) is 4.90 Å². The first-order valence-electron chi connectivity index (χ1n) is 11.3. The quantitative estimate of drug-likeness (QED) is 0.536. The van der Waals surface area contributed by atoms with Crippen LogP contribution >= 0.6 is 0 Å². The van der Waals surface area contributed by atoms with E-state index in [0.29, 0.717) is 6.42 Å². The second-order valence-corrected chi connectivity index (χ2v) is 11.2. The van der Waals surface area contributed by atoms with E-state index >= 15 is 0 Å². The molecular formula is C22H35NO5. The summed E-state index contributed by atoms with van der Waals surface area (Å²) in [5.74, 6) is -0.557. The van der Waals surface area contributed by atoms with Gasteiger partial charge in [0.15, 0.2) is 0 Å². The summed E-state index contributed by atoms with van der Waals surface area (Å²) in [7, 11) is 1.67. The van der Waals surface area contributed by atoms with Crippen molar-refractivity contribution >= 4 is 0 Å². The highest BCUT2D eigenvalue weighted by molar-refractivity contribution is 5.34. The Morgan fingerprint density at radius 1 is 1.14 bits per heavy atom. The number of aliphatic hydroxyl groups is 4. The van der Waals surface area contributed by atoms with E-state index in [1.54, 1.807) is 7.11 Å². The highest BCUT2D eigenvalue weighted by atomic mass is 16.5. The van der Waals surface area contributed by atoms with Crippen LogP contribution in [0.1, 0.15) is 39.5 Å². The molecule has 5 aliphatic carbocycles. The van der Waals surface area contributed by atoms with Crippen molar-refractivity contribution in [3.63, 3.8) is 0 Å². The van der Waals surface area contributed by atoms with E-state index in [1.807, 2.05) is 0 Å². The molecule has 6 rings (SSSR count). The lowest BCUT2D eigenvalue weighted by Gasteiger charge is -2.68. The minimum atomic E-state index is -1.14. The van der Waals surface area contributed by atoms with Crippen molar-refractivity contribution in [3.05, 3.63) is 0 Å². The van der Waals surface area contributed by atoms with Crippen LogP contribution in [-0.2, 0) is 4.74 Å². The van der Waals surface area contributed by atoms with Gasteiger partial charge in [-0.15, -0.1) is 0 Å². The van der Waals surface area contributed by atoms with Gasteiger partial charge in [-0.3, -0.25) is 4.90 Å². The standard InChI is InChI=1S/C22H35NO5/c1-4-23-9-20(2)6-5-13(24)22-11-7-10-12(28-3)8-21(27,14(11)16(10)25)15(19(22)23)17(26)18(20)22/h10-19,24-27H,4-9H2,1-3H3. The molecule has 1 spiro atoms. The van der Waals surface area contributed by atoms with Gasteiger partial charge in [-0.05, 0) is 37.1 Å². The molecule has 6 aliphatic rings. The minimum Gasteiger partial charge on any atom is -0.392 e. The van der Waals surface area contributed by atoms with Crippen LogP contribution in [0.2, 0.25) is 0 Å². The lowest BCUT2D eigenvalue weighted by Crippen LogP contribution is -2.75. The third kappa shape index (κ3) is 1.65. The molecule has 5 saturated carbocycles. The highest BCUT2D eigenvalue weighted by Crippen LogP contribution is 2.78. The fraction of sp³-hybridized carbons (Fsp3) is 1.00. The minimum absolute atomic E-state index is 0.00637. The van der Waals surface area contributed by atoms with Crippen molar-refractivity contribution in [2.45, 2.75) is 75.6 Å². The largest absolute Gasteiger partial charge is 0.392 e. The number of hydrogen-bond acceptors (Lipinski definition) is 6. The Labute approximate surface area is 166 Å². The number of aliphatic hydroxyl groups excluding tert-OH is 3. The average Bonchev–Trinajstić information content (AvgIpc) is 3.05. The van der Waals surface area contributed by atoms with Gasteiger partial charge >= 0.3 is 0 Å². The van der Waals surface area contributed by atoms with Gasteiger partial charge in [0, 0.05) is 55.2 Å². The molecule has 13 atom stereocenters. The van der Waals surface area contributed by atoms with E-state index in [-0.39, 0.29) is 47.2 Å². The molecule has 1 heterocycles. The molecule has 0 aromatic heterocycles. The van der Waals surface area contributed by atoms with Gasteiger partial charge in [0.25, 0.3) is 0 Å². The second-order valence-electron chi connectivity index (χ2n) is 11.2. The first-order chi connectivity index (χ1) is 13.3. The van der Waals surface area contributed by atoms with E-state index in [9.17, 15) is 20.4 Å². The summed E-state index contributed by atoms with van der Waals surface area (Å²) in [4.78, 5) is 2.45. The zero-order chi connectivity index (χ0) is 19.8. The lowest BCUT2D eigenvalue weighted by molar-refractivity contribution is -0.266. The van der Waals surface area contributed by atoms with Crippen LogP contribution in [0.5, 0.6) is 0 Å². The molecular weight excluding hydrogens is 358 g/mol. The maximum atomic E-state index is 12.2. The van der Waals surface area contributed by atoms with Crippen LogP contribution in [-0.4, -0.2) is 81.6 Å². The fourth-order valence-corrected chi connectivity index (χ4v) is 10.2. The average molecular weight is 394 g/mol. The molecule has 6 heteroatoms. The molecule has 1 saturated heterocycles. The van der Waals surface area contributed by atoms with E-state index in [2.05, 4.69) is 18.7 Å². The molecule has 158 valence electrons.